The molecule has 21 heavy (non-hydrogen) atoms. The molecule has 2 rings (SSSR count). The first-order chi connectivity index (χ1) is 9.97. The first-order valence-corrected chi connectivity index (χ1v) is 8.45. The van der Waals surface area contributed by atoms with E-state index in [1.807, 2.05) is 6.92 Å². The van der Waals surface area contributed by atoms with Gasteiger partial charge in [0, 0.05) is 12.2 Å². The monoisotopic (exact) mass is 317 g/mol. The molecule has 0 amide bonds. The van der Waals surface area contributed by atoms with Gasteiger partial charge in [0.2, 0.25) is 10.0 Å². The molecule has 7 heteroatoms. The maximum atomic E-state index is 13.5. The number of methoxy groups -OCH3 is 1. The van der Waals surface area contributed by atoms with Crippen molar-refractivity contribution in [1.29, 1.82) is 0 Å². The zero-order valence-electron chi connectivity index (χ0n) is 12.1. The van der Waals surface area contributed by atoms with E-state index in [1.54, 1.807) is 0 Å². The second-order valence-electron chi connectivity index (χ2n) is 5.00. The average Bonchev–Trinajstić information content (AvgIpc) is 3.00. The second-order valence-corrected chi connectivity index (χ2v) is 6.99. The van der Waals surface area contributed by atoms with Gasteiger partial charge in [0.25, 0.3) is 0 Å². The molecule has 1 heterocycles. The SMILES string of the molecule is CCC(NS(=O)(=O)C1CCOC1)c1cc(F)ccc1OC. The summed E-state index contributed by atoms with van der Waals surface area (Å²) in [6.07, 6.45) is 0.971. The molecule has 1 fully saturated rings. The third kappa shape index (κ3) is 3.72. The van der Waals surface area contributed by atoms with Gasteiger partial charge >= 0.3 is 0 Å². The quantitative estimate of drug-likeness (QED) is 0.871. The summed E-state index contributed by atoms with van der Waals surface area (Å²) >= 11 is 0. The van der Waals surface area contributed by atoms with E-state index in [0.29, 0.717) is 30.8 Å². The van der Waals surface area contributed by atoms with Crippen LogP contribution >= 0.6 is 0 Å². The van der Waals surface area contributed by atoms with Gasteiger partial charge in [-0.25, -0.2) is 17.5 Å². The van der Waals surface area contributed by atoms with Crippen molar-refractivity contribution in [3.05, 3.63) is 29.6 Å². The number of ether oxygens (including phenoxy) is 2. The number of sulfonamides is 1. The highest BCUT2D eigenvalue weighted by atomic mass is 32.2. The van der Waals surface area contributed by atoms with Crippen LogP contribution in [-0.4, -0.2) is 34.0 Å². The largest absolute Gasteiger partial charge is 0.496 e. The molecule has 0 aromatic heterocycles. The van der Waals surface area contributed by atoms with E-state index in [4.69, 9.17) is 9.47 Å². The van der Waals surface area contributed by atoms with Crippen LogP contribution in [0.1, 0.15) is 31.4 Å². The van der Waals surface area contributed by atoms with E-state index in [0.717, 1.165) is 0 Å². The smallest absolute Gasteiger partial charge is 0.217 e. The predicted octanol–water partition coefficient (Wildman–Crippen LogP) is 1.99. The number of hydrogen-bond acceptors (Lipinski definition) is 4. The van der Waals surface area contributed by atoms with Gasteiger partial charge in [-0.15, -0.1) is 0 Å². The Balaban J connectivity index is 2.25. The summed E-state index contributed by atoms with van der Waals surface area (Å²) in [4.78, 5) is 0. The normalized spacial score (nSPS) is 20.4. The Hall–Kier alpha value is -1.18. The van der Waals surface area contributed by atoms with Crippen LogP contribution in [-0.2, 0) is 14.8 Å². The van der Waals surface area contributed by atoms with Crippen LogP contribution in [0, 0.1) is 5.82 Å². The van der Waals surface area contributed by atoms with Crippen LogP contribution in [0.5, 0.6) is 5.75 Å². The lowest BCUT2D eigenvalue weighted by Crippen LogP contribution is -2.37. The number of halogens is 1. The lowest BCUT2D eigenvalue weighted by Gasteiger charge is -2.21. The third-order valence-corrected chi connectivity index (χ3v) is 5.47. The summed E-state index contributed by atoms with van der Waals surface area (Å²) in [5.74, 6) is 0.0428. The predicted molar refractivity (Wildman–Crippen MR) is 77.3 cm³/mol. The summed E-state index contributed by atoms with van der Waals surface area (Å²) in [5.41, 5.74) is 0.502. The van der Waals surface area contributed by atoms with Crippen molar-refractivity contribution in [3.8, 4) is 5.75 Å². The molecule has 118 valence electrons. The highest BCUT2D eigenvalue weighted by molar-refractivity contribution is 7.90. The third-order valence-electron chi connectivity index (χ3n) is 3.61. The molecule has 1 aromatic carbocycles. The summed E-state index contributed by atoms with van der Waals surface area (Å²) in [6.45, 7) is 2.49. The zero-order valence-corrected chi connectivity index (χ0v) is 13.0. The summed E-state index contributed by atoms with van der Waals surface area (Å²) in [7, 11) is -2.04. The molecule has 1 aliphatic heterocycles. The van der Waals surface area contributed by atoms with Gasteiger partial charge < -0.3 is 9.47 Å². The fraction of sp³-hybridized carbons (Fsp3) is 0.571. The minimum Gasteiger partial charge on any atom is -0.496 e. The van der Waals surface area contributed by atoms with E-state index in [9.17, 15) is 12.8 Å². The highest BCUT2D eigenvalue weighted by Crippen LogP contribution is 2.29. The van der Waals surface area contributed by atoms with Gasteiger partial charge in [0.1, 0.15) is 16.8 Å². The molecule has 1 aliphatic rings. The Labute approximate surface area is 124 Å². The molecule has 0 bridgehead atoms. The molecular formula is C14H20FNO4S. The lowest BCUT2D eigenvalue weighted by molar-refractivity contribution is 0.198. The molecule has 0 spiro atoms. The van der Waals surface area contributed by atoms with E-state index in [-0.39, 0.29) is 6.61 Å². The standard InChI is InChI=1S/C14H20FNO4S/c1-3-13(12-8-10(15)4-5-14(12)19-2)16-21(17,18)11-6-7-20-9-11/h4-5,8,11,13,16H,3,6-7,9H2,1-2H3. The number of benzene rings is 1. The first-order valence-electron chi connectivity index (χ1n) is 6.90. The van der Waals surface area contributed by atoms with Gasteiger partial charge in [-0.2, -0.15) is 0 Å². The Morgan fingerprint density at radius 2 is 2.29 bits per heavy atom. The summed E-state index contributed by atoms with van der Waals surface area (Å²) in [5, 5.41) is -0.550. The van der Waals surface area contributed by atoms with Crippen molar-refractivity contribution in [2.45, 2.75) is 31.1 Å². The molecule has 5 nitrogen and oxygen atoms in total. The first kappa shape index (κ1) is 16.2. The van der Waals surface area contributed by atoms with E-state index in [2.05, 4.69) is 4.72 Å². The summed E-state index contributed by atoms with van der Waals surface area (Å²) < 4.78 is 51.1. The minimum atomic E-state index is -3.51. The van der Waals surface area contributed by atoms with E-state index in [1.165, 1.54) is 25.3 Å². The fourth-order valence-electron chi connectivity index (χ4n) is 2.40. The lowest BCUT2D eigenvalue weighted by atomic mass is 10.0. The molecule has 2 atom stereocenters. The van der Waals surface area contributed by atoms with Gasteiger partial charge in [0.15, 0.2) is 0 Å². The highest BCUT2D eigenvalue weighted by Gasteiger charge is 2.32. The molecule has 0 aliphatic carbocycles. The maximum absolute atomic E-state index is 13.5. The number of hydrogen-bond donors (Lipinski definition) is 1. The van der Waals surface area contributed by atoms with Gasteiger partial charge in [0.05, 0.1) is 19.8 Å². The van der Waals surface area contributed by atoms with Crippen molar-refractivity contribution in [2.24, 2.45) is 0 Å². The fourth-order valence-corrected chi connectivity index (χ4v) is 3.96. The second kappa shape index (κ2) is 6.72. The number of nitrogens with one attached hydrogen (secondary N) is 1. The van der Waals surface area contributed by atoms with Crippen LogP contribution < -0.4 is 9.46 Å². The molecule has 1 aromatic rings. The van der Waals surface area contributed by atoms with E-state index >= 15 is 0 Å². The minimum absolute atomic E-state index is 0.200. The summed E-state index contributed by atoms with van der Waals surface area (Å²) in [6, 6.07) is 3.57. The van der Waals surface area contributed by atoms with Gasteiger partial charge in [-0.3, -0.25) is 0 Å². The molecule has 0 saturated carbocycles. The average molecular weight is 317 g/mol. The molecule has 0 radical (unpaired) electrons. The maximum Gasteiger partial charge on any atom is 0.217 e. The van der Waals surface area contributed by atoms with E-state index < -0.39 is 27.1 Å². The van der Waals surface area contributed by atoms with Crippen molar-refractivity contribution < 1.29 is 22.3 Å². The van der Waals surface area contributed by atoms with Crippen LogP contribution in [0.3, 0.4) is 0 Å². The molecule has 2 unspecified atom stereocenters. The Kier molecular flexibility index (Phi) is 5.18. The Morgan fingerprint density at radius 1 is 1.52 bits per heavy atom. The Bertz CT molecular complexity index is 585. The topological polar surface area (TPSA) is 64.6 Å². The van der Waals surface area contributed by atoms with Crippen molar-refractivity contribution in [3.63, 3.8) is 0 Å². The Morgan fingerprint density at radius 3 is 2.86 bits per heavy atom. The van der Waals surface area contributed by atoms with Crippen LogP contribution in [0.2, 0.25) is 0 Å². The van der Waals surface area contributed by atoms with Gasteiger partial charge in [-0.05, 0) is 31.0 Å². The van der Waals surface area contributed by atoms with Crippen LogP contribution in [0.25, 0.3) is 0 Å². The molecule has 1 N–H and O–H groups in total. The van der Waals surface area contributed by atoms with Crippen molar-refractivity contribution in [2.75, 3.05) is 20.3 Å². The van der Waals surface area contributed by atoms with Crippen LogP contribution in [0.15, 0.2) is 18.2 Å². The number of rotatable bonds is 6. The molecular weight excluding hydrogens is 297 g/mol. The molecule has 1 saturated heterocycles. The van der Waals surface area contributed by atoms with Crippen molar-refractivity contribution in [1.82, 2.24) is 4.72 Å². The zero-order chi connectivity index (χ0) is 15.5. The van der Waals surface area contributed by atoms with Gasteiger partial charge in [-0.1, -0.05) is 6.92 Å². The van der Waals surface area contributed by atoms with Crippen LogP contribution in [0.4, 0.5) is 4.39 Å². The van der Waals surface area contributed by atoms with Crippen molar-refractivity contribution >= 4 is 10.0 Å².